The molecule has 3 rings (SSSR count). The van der Waals surface area contributed by atoms with Gasteiger partial charge in [-0.2, -0.15) is 0 Å². The van der Waals surface area contributed by atoms with E-state index in [0.29, 0.717) is 22.5 Å². The Kier molecular flexibility index (Phi) is 5.57. The summed E-state index contributed by atoms with van der Waals surface area (Å²) in [6.07, 6.45) is 0. The number of nitrogens with zero attached hydrogens (tertiary/aromatic N) is 3. The summed E-state index contributed by atoms with van der Waals surface area (Å²) in [4.78, 5) is 10.9. The first-order valence-electron chi connectivity index (χ1n) is 7.47. The van der Waals surface area contributed by atoms with Gasteiger partial charge in [-0.1, -0.05) is 41.6 Å². The summed E-state index contributed by atoms with van der Waals surface area (Å²) in [6.45, 7) is 0.442. The number of para-hydroxylation sites is 1. The molecule has 0 saturated heterocycles. The molecule has 8 heteroatoms. The maximum atomic E-state index is 10.9. The predicted octanol–water partition coefficient (Wildman–Crippen LogP) is 3.71. The van der Waals surface area contributed by atoms with Gasteiger partial charge in [-0.25, -0.2) is 0 Å². The number of thioether (sulfide) groups is 1. The Morgan fingerprint density at radius 2 is 1.84 bits per heavy atom. The second kappa shape index (κ2) is 8.04. The average molecular weight is 375 g/mol. The summed E-state index contributed by atoms with van der Waals surface area (Å²) < 4.78 is 1.86. The molecule has 1 heterocycles. The van der Waals surface area contributed by atoms with Crippen molar-refractivity contribution in [3.63, 3.8) is 0 Å². The Bertz CT molecular complexity index is 853. The molecule has 0 fully saturated rings. The van der Waals surface area contributed by atoms with Crippen LogP contribution in [0.25, 0.3) is 5.69 Å². The number of carboxylic acid groups (broad SMARTS) is 1. The van der Waals surface area contributed by atoms with Crippen LogP contribution >= 0.6 is 23.4 Å². The van der Waals surface area contributed by atoms with Gasteiger partial charge in [0.05, 0.1) is 12.3 Å². The van der Waals surface area contributed by atoms with Crippen LogP contribution in [0.2, 0.25) is 5.02 Å². The second-order valence-electron chi connectivity index (χ2n) is 5.11. The topological polar surface area (TPSA) is 80.0 Å². The molecule has 0 atom stereocenters. The Morgan fingerprint density at radius 3 is 2.52 bits per heavy atom. The molecule has 3 aromatic rings. The molecule has 0 bridgehead atoms. The summed E-state index contributed by atoms with van der Waals surface area (Å²) in [5.74, 6) is -0.280. The average Bonchev–Trinajstić information content (AvgIpc) is 3.03. The number of rotatable bonds is 7. The highest BCUT2D eigenvalue weighted by molar-refractivity contribution is 7.99. The number of anilines is 1. The lowest BCUT2D eigenvalue weighted by Crippen LogP contribution is -2.09. The van der Waals surface area contributed by atoms with Crippen LogP contribution in [-0.4, -0.2) is 31.6 Å². The number of carboxylic acids is 1. The molecule has 0 unspecified atom stereocenters. The van der Waals surface area contributed by atoms with Gasteiger partial charge in [0.25, 0.3) is 0 Å². The third-order valence-corrected chi connectivity index (χ3v) is 4.50. The highest BCUT2D eigenvalue weighted by Crippen LogP contribution is 2.22. The van der Waals surface area contributed by atoms with E-state index < -0.39 is 5.97 Å². The summed E-state index contributed by atoms with van der Waals surface area (Å²) in [7, 11) is 0. The number of benzene rings is 2. The molecule has 0 amide bonds. The fourth-order valence-electron chi connectivity index (χ4n) is 2.22. The molecule has 0 aliphatic rings. The number of halogens is 1. The zero-order valence-electron chi connectivity index (χ0n) is 13.1. The van der Waals surface area contributed by atoms with Crippen LogP contribution in [0, 0.1) is 0 Å². The van der Waals surface area contributed by atoms with Crippen molar-refractivity contribution < 1.29 is 9.90 Å². The summed E-state index contributed by atoms with van der Waals surface area (Å²) in [6, 6.07) is 17.0. The molecule has 1 aromatic heterocycles. The van der Waals surface area contributed by atoms with Gasteiger partial charge in [0.1, 0.15) is 0 Å². The van der Waals surface area contributed by atoms with Gasteiger partial charge in [-0.05, 0) is 36.4 Å². The van der Waals surface area contributed by atoms with E-state index in [4.69, 9.17) is 16.7 Å². The van der Waals surface area contributed by atoms with Crippen LogP contribution < -0.4 is 5.32 Å². The molecule has 0 spiro atoms. The quantitative estimate of drug-likeness (QED) is 0.614. The van der Waals surface area contributed by atoms with Gasteiger partial charge in [0.15, 0.2) is 11.0 Å². The minimum Gasteiger partial charge on any atom is -0.481 e. The lowest BCUT2D eigenvalue weighted by molar-refractivity contribution is -0.133. The number of carbonyl (C=O) groups is 1. The number of nitrogens with one attached hydrogen (secondary N) is 1. The van der Waals surface area contributed by atoms with E-state index in [1.165, 1.54) is 0 Å². The zero-order valence-corrected chi connectivity index (χ0v) is 14.7. The van der Waals surface area contributed by atoms with Gasteiger partial charge in [-0.15, -0.1) is 10.2 Å². The van der Waals surface area contributed by atoms with Crippen molar-refractivity contribution in [2.24, 2.45) is 0 Å². The Morgan fingerprint density at radius 1 is 1.12 bits per heavy atom. The number of hydrogen-bond donors (Lipinski definition) is 2. The maximum Gasteiger partial charge on any atom is 0.313 e. The number of aliphatic carboxylic acids is 1. The lowest BCUT2D eigenvalue weighted by atomic mass is 10.3. The summed E-state index contributed by atoms with van der Waals surface area (Å²) in [5, 5.41) is 21.8. The van der Waals surface area contributed by atoms with Crippen molar-refractivity contribution in [3.05, 3.63) is 65.4 Å². The maximum absolute atomic E-state index is 10.9. The highest BCUT2D eigenvalue weighted by Gasteiger charge is 2.15. The van der Waals surface area contributed by atoms with Crippen molar-refractivity contribution >= 4 is 35.0 Å². The van der Waals surface area contributed by atoms with Crippen LogP contribution in [0.1, 0.15) is 5.82 Å². The van der Waals surface area contributed by atoms with Gasteiger partial charge in [-0.3, -0.25) is 9.36 Å². The summed E-state index contributed by atoms with van der Waals surface area (Å²) in [5.41, 5.74) is 1.79. The largest absolute Gasteiger partial charge is 0.481 e. The van der Waals surface area contributed by atoms with Crippen LogP contribution in [0.3, 0.4) is 0 Å². The third kappa shape index (κ3) is 4.52. The van der Waals surface area contributed by atoms with Crippen molar-refractivity contribution in [1.29, 1.82) is 0 Å². The van der Waals surface area contributed by atoms with Gasteiger partial charge in [0.2, 0.25) is 0 Å². The van der Waals surface area contributed by atoms with Crippen LogP contribution in [0.4, 0.5) is 5.69 Å². The Balaban J connectivity index is 1.85. The van der Waals surface area contributed by atoms with Gasteiger partial charge >= 0.3 is 5.97 Å². The molecule has 6 nitrogen and oxygen atoms in total. The number of hydrogen-bond acceptors (Lipinski definition) is 5. The molecule has 0 saturated carbocycles. The molecule has 2 aromatic carbocycles. The van der Waals surface area contributed by atoms with E-state index in [2.05, 4.69) is 15.5 Å². The predicted molar refractivity (Wildman–Crippen MR) is 98.5 cm³/mol. The molecule has 0 radical (unpaired) electrons. The smallest absolute Gasteiger partial charge is 0.313 e. The first-order chi connectivity index (χ1) is 12.1. The number of aromatic nitrogens is 3. The van der Waals surface area contributed by atoms with Crippen molar-refractivity contribution in [2.75, 3.05) is 11.1 Å². The van der Waals surface area contributed by atoms with E-state index in [9.17, 15) is 4.79 Å². The molecule has 0 aliphatic carbocycles. The minimum absolute atomic E-state index is 0.0738. The Labute approximate surface area is 153 Å². The van der Waals surface area contributed by atoms with E-state index in [-0.39, 0.29) is 5.75 Å². The first kappa shape index (κ1) is 17.3. The van der Waals surface area contributed by atoms with E-state index in [1.54, 1.807) is 12.1 Å². The molecule has 0 aliphatic heterocycles. The fraction of sp³-hybridized carbons (Fsp3) is 0.118. The highest BCUT2D eigenvalue weighted by atomic mass is 35.5. The van der Waals surface area contributed by atoms with Crippen molar-refractivity contribution in [2.45, 2.75) is 11.7 Å². The molecule has 2 N–H and O–H groups in total. The van der Waals surface area contributed by atoms with Crippen LogP contribution in [-0.2, 0) is 11.3 Å². The molecule has 128 valence electrons. The van der Waals surface area contributed by atoms with Crippen molar-refractivity contribution in [1.82, 2.24) is 14.8 Å². The SMILES string of the molecule is O=C(O)CSc1nnc(CNc2ccc(Cl)cc2)n1-c1ccccc1. The first-order valence-corrected chi connectivity index (χ1v) is 8.83. The third-order valence-electron chi connectivity index (χ3n) is 3.33. The summed E-state index contributed by atoms with van der Waals surface area (Å²) >= 11 is 7.03. The Hall–Kier alpha value is -2.51. The van der Waals surface area contributed by atoms with E-state index >= 15 is 0 Å². The lowest BCUT2D eigenvalue weighted by Gasteiger charge is -2.11. The second-order valence-corrected chi connectivity index (χ2v) is 6.49. The molecular formula is C17H15ClN4O2S. The van der Waals surface area contributed by atoms with Crippen molar-refractivity contribution in [3.8, 4) is 5.69 Å². The monoisotopic (exact) mass is 374 g/mol. The minimum atomic E-state index is -0.895. The van der Waals surface area contributed by atoms with Gasteiger partial charge in [0, 0.05) is 16.4 Å². The van der Waals surface area contributed by atoms with E-state index in [0.717, 1.165) is 23.1 Å². The molecular weight excluding hydrogens is 360 g/mol. The van der Waals surface area contributed by atoms with Crippen LogP contribution in [0.5, 0.6) is 0 Å². The zero-order chi connectivity index (χ0) is 17.6. The normalized spacial score (nSPS) is 10.6. The van der Waals surface area contributed by atoms with Gasteiger partial charge < -0.3 is 10.4 Å². The van der Waals surface area contributed by atoms with Crippen LogP contribution in [0.15, 0.2) is 59.8 Å². The van der Waals surface area contributed by atoms with E-state index in [1.807, 2.05) is 47.0 Å². The fourth-order valence-corrected chi connectivity index (χ4v) is 3.04. The molecule has 25 heavy (non-hydrogen) atoms. The standard InChI is InChI=1S/C17H15ClN4O2S/c18-12-6-8-13(9-7-12)19-10-15-20-21-17(25-11-16(23)24)22(15)14-4-2-1-3-5-14/h1-9,19H,10-11H2,(H,23,24).